The van der Waals surface area contributed by atoms with Crippen LogP contribution in [0.4, 0.5) is 0 Å². The summed E-state index contributed by atoms with van der Waals surface area (Å²) in [6.07, 6.45) is 0.838. The third kappa shape index (κ3) is 5.13. The molecule has 6 heteroatoms. The highest BCUT2D eigenvalue weighted by molar-refractivity contribution is 6.31. The number of methoxy groups -OCH3 is 1. The number of halogens is 2. The Hall–Kier alpha value is -2.71. The number of pyridine rings is 1. The maximum atomic E-state index is 7.14. The molecule has 6 rings (SSSR count). The lowest BCUT2D eigenvalue weighted by molar-refractivity contribution is -0.922. The number of fused-ring (bicyclic) bond motifs is 2. The zero-order valence-corrected chi connectivity index (χ0v) is 25.3. The third-order valence-corrected chi connectivity index (χ3v) is 8.11. The van der Waals surface area contributed by atoms with Gasteiger partial charge in [0.05, 0.1) is 33.3 Å². The Balaban J connectivity index is 0.00000308. The van der Waals surface area contributed by atoms with Gasteiger partial charge in [-0.3, -0.25) is 0 Å². The predicted octanol–water partition coefficient (Wildman–Crippen LogP) is 4.54. The van der Waals surface area contributed by atoms with Crippen LogP contribution in [0.5, 0.6) is 5.88 Å². The molecule has 39 heavy (non-hydrogen) atoms. The fourth-order valence-electron chi connectivity index (χ4n) is 5.95. The van der Waals surface area contributed by atoms with Crippen molar-refractivity contribution < 1.29 is 37.9 Å². The summed E-state index contributed by atoms with van der Waals surface area (Å²) in [7, 11) is 6.15. The molecule has 1 fully saturated rings. The summed E-state index contributed by atoms with van der Waals surface area (Å²) < 4.78 is 13.9. The first-order valence-corrected chi connectivity index (χ1v) is 13.4. The van der Waals surface area contributed by atoms with Crippen LogP contribution in [0.1, 0.15) is 29.0 Å². The molecule has 4 nitrogen and oxygen atoms in total. The summed E-state index contributed by atoms with van der Waals surface area (Å²) in [6.45, 7) is 1.57. The maximum absolute atomic E-state index is 7.14. The Morgan fingerprint density at radius 2 is 1.64 bits per heavy atom. The smallest absolute Gasteiger partial charge is 0.217 e. The molecule has 1 aromatic heterocycles. The molecular formula is C33H32ClIN2O2. The lowest BCUT2D eigenvalue weighted by Crippen LogP contribution is -3.00. The second-order valence-electron chi connectivity index (χ2n) is 10.9. The molecular weight excluding hydrogens is 619 g/mol. The zero-order chi connectivity index (χ0) is 26.3. The normalized spacial score (nSPS) is 19.4. The lowest BCUT2D eigenvalue weighted by atomic mass is 9.70. The average Bonchev–Trinajstić information content (AvgIpc) is 2.94. The van der Waals surface area contributed by atoms with Gasteiger partial charge >= 0.3 is 0 Å². The van der Waals surface area contributed by atoms with Gasteiger partial charge in [0.15, 0.2) is 6.73 Å². The van der Waals surface area contributed by atoms with Crippen molar-refractivity contribution in [1.29, 1.82) is 0 Å². The minimum Gasteiger partial charge on any atom is -1.00 e. The number of hydrogen-bond acceptors (Lipinski definition) is 3. The van der Waals surface area contributed by atoms with Gasteiger partial charge in [-0.1, -0.05) is 84.4 Å². The average molecular weight is 651 g/mol. The molecule has 2 atom stereocenters. The second-order valence-corrected chi connectivity index (χ2v) is 11.3. The molecule has 0 aliphatic carbocycles. The van der Waals surface area contributed by atoms with E-state index >= 15 is 0 Å². The SMILES string of the molecule is COc1nc2ccc(Cl)cc2cc1C(c1ccccc1)C1(c2cccc3ccccc23)CC[N+](C)(C)CO1.[I-]. The summed E-state index contributed by atoms with van der Waals surface area (Å²) in [4.78, 5) is 4.95. The van der Waals surface area contributed by atoms with Crippen molar-refractivity contribution in [3.8, 4) is 5.88 Å². The van der Waals surface area contributed by atoms with Crippen LogP contribution in [0.3, 0.4) is 0 Å². The number of aromatic nitrogens is 1. The Morgan fingerprint density at radius 1 is 0.897 bits per heavy atom. The van der Waals surface area contributed by atoms with Gasteiger partial charge in [-0.2, -0.15) is 0 Å². The van der Waals surface area contributed by atoms with E-state index in [-0.39, 0.29) is 29.9 Å². The van der Waals surface area contributed by atoms with Crippen molar-refractivity contribution in [3.05, 3.63) is 119 Å². The summed E-state index contributed by atoms with van der Waals surface area (Å²) in [5, 5.41) is 4.08. The first-order valence-electron chi connectivity index (χ1n) is 13.0. The largest absolute Gasteiger partial charge is 1.00 e. The third-order valence-electron chi connectivity index (χ3n) is 7.88. The quantitative estimate of drug-likeness (QED) is 0.207. The molecule has 0 N–H and O–H groups in total. The molecule has 0 saturated carbocycles. The van der Waals surface area contributed by atoms with Crippen LogP contribution >= 0.6 is 11.6 Å². The fourth-order valence-corrected chi connectivity index (χ4v) is 6.13. The molecule has 1 saturated heterocycles. The molecule has 2 unspecified atom stereocenters. The van der Waals surface area contributed by atoms with E-state index in [4.69, 9.17) is 26.1 Å². The molecule has 0 radical (unpaired) electrons. The highest BCUT2D eigenvalue weighted by atomic mass is 127. The minimum absolute atomic E-state index is 0. The standard InChI is InChI=1S/C33H32ClN2O2.HI/c1-36(2)19-18-33(38-22-36,29-15-9-13-23-10-7-8-14-27(23)29)31(24-11-5-4-6-12-24)28-21-25-20-26(34)16-17-30(25)35-32(28)37-3;/h4-17,20-21,31H,18-19,22H2,1-3H3;1H/q+1;/p-1. The van der Waals surface area contributed by atoms with Gasteiger partial charge in [-0.05, 0) is 46.2 Å². The van der Waals surface area contributed by atoms with Gasteiger partial charge in [-0.25, -0.2) is 4.98 Å². The number of ether oxygens (including phenoxy) is 2. The predicted molar refractivity (Wildman–Crippen MR) is 155 cm³/mol. The number of quaternary nitrogens is 1. The number of benzene rings is 4. The monoisotopic (exact) mass is 650 g/mol. The number of nitrogens with zero attached hydrogens (tertiary/aromatic N) is 2. The molecule has 5 aromatic rings. The molecule has 1 aliphatic heterocycles. The first kappa shape index (κ1) is 27.8. The van der Waals surface area contributed by atoms with Crippen molar-refractivity contribution in [1.82, 2.24) is 4.98 Å². The molecule has 4 aromatic carbocycles. The summed E-state index contributed by atoms with van der Waals surface area (Å²) in [6, 6.07) is 33.8. The van der Waals surface area contributed by atoms with Crippen LogP contribution in [-0.2, 0) is 10.3 Å². The van der Waals surface area contributed by atoms with Crippen molar-refractivity contribution >= 4 is 33.3 Å². The van der Waals surface area contributed by atoms with Crippen LogP contribution in [0, 0.1) is 0 Å². The van der Waals surface area contributed by atoms with Gasteiger partial charge in [0, 0.05) is 28.3 Å². The van der Waals surface area contributed by atoms with Crippen molar-refractivity contribution in [2.45, 2.75) is 17.9 Å². The van der Waals surface area contributed by atoms with Crippen LogP contribution in [0.2, 0.25) is 5.02 Å². The van der Waals surface area contributed by atoms with Gasteiger partial charge in [0.25, 0.3) is 0 Å². The second kappa shape index (κ2) is 11.0. The molecule has 0 amide bonds. The van der Waals surface area contributed by atoms with E-state index in [9.17, 15) is 0 Å². The lowest BCUT2D eigenvalue weighted by Gasteiger charge is -2.49. The van der Waals surface area contributed by atoms with E-state index in [1.807, 2.05) is 18.2 Å². The Bertz CT molecular complexity index is 1610. The van der Waals surface area contributed by atoms with E-state index < -0.39 is 5.60 Å². The summed E-state index contributed by atoms with van der Waals surface area (Å²) in [5.74, 6) is 0.442. The molecule has 200 valence electrons. The van der Waals surface area contributed by atoms with E-state index in [1.54, 1.807) is 7.11 Å². The Kier molecular flexibility index (Phi) is 7.89. The Labute approximate surface area is 252 Å². The van der Waals surface area contributed by atoms with Crippen molar-refractivity contribution in [3.63, 3.8) is 0 Å². The Morgan fingerprint density at radius 3 is 2.38 bits per heavy atom. The van der Waals surface area contributed by atoms with E-state index in [1.165, 1.54) is 16.3 Å². The van der Waals surface area contributed by atoms with Crippen molar-refractivity contribution in [2.75, 3.05) is 34.5 Å². The molecule has 0 bridgehead atoms. The van der Waals surface area contributed by atoms with E-state index in [0.29, 0.717) is 17.6 Å². The van der Waals surface area contributed by atoms with Gasteiger partial charge in [0.1, 0.15) is 5.60 Å². The zero-order valence-electron chi connectivity index (χ0n) is 22.4. The molecule has 0 spiro atoms. The molecule has 1 aliphatic rings. The van der Waals surface area contributed by atoms with Gasteiger partial charge in [0.2, 0.25) is 5.88 Å². The van der Waals surface area contributed by atoms with Crippen LogP contribution < -0.4 is 28.7 Å². The molecule has 2 heterocycles. The van der Waals surface area contributed by atoms with Crippen LogP contribution in [0.15, 0.2) is 97.1 Å². The number of hydrogen-bond donors (Lipinski definition) is 0. The maximum Gasteiger partial charge on any atom is 0.217 e. The topological polar surface area (TPSA) is 31.4 Å². The minimum atomic E-state index is -0.642. The van der Waals surface area contributed by atoms with Crippen LogP contribution in [0.25, 0.3) is 21.7 Å². The summed E-state index contributed by atoms with van der Waals surface area (Å²) >= 11 is 6.42. The van der Waals surface area contributed by atoms with Gasteiger partial charge < -0.3 is 37.9 Å². The highest BCUT2D eigenvalue weighted by Gasteiger charge is 2.50. The van der Waals surface area contributed by atoms with Crippen LogP contribution in [-0.4, -0.2) is 43.9 Å². The van der Waals surface area contributed by atoms with E-state index in [2.05, 4.69) is 93.0 Å². The van der Waals surface area contributed by atoms with Crippen molar-refractivity contribution in [2.24, 2.45) is 0 Å². The number of rotatable bonds is 5. The fraction of sp³-hybridized carbons (Fsp3) is 0.242. The first-order chi connectivity index (χ1) is 18.4. The summed E-state index contributed by atoms with van der Waals surface area (Å²) in [5.41, 5.74) is 3.56. The van der Waals surface area contributed by atoms with Gasteiger partial charge in [-0.15, -0.1) is 0 Å². The highest BCUT2D eigenvalue weighted by Crippen LogP contribution is 2.52. The van der Waals surface area contributed by atoms with E-state index in [0.717, 1.165) is 39.5 Å².